The molecule has 4 aliphatic rings. The van der Waals surface area contributed by atoms with Gasteiger partial charge in [-0.1, -0.05) is 32.4 Å². The first kappa shape index (κ1) is 41.4. The van der Waals surface area contributed by atoms with E-state index in [-0.39, 0.29) is 23.1 Å². The van der Waals surface area contributed by atoms with Crippen LogP contribution in [0.15, 0.2) is 88.6 Å². The first-order chi connectivity index (χ1) is 28.7. The Morgan fingerprint density at radius 1 is 1.10 bits per heavy atom. The van der Waals surface area contributed by atoms with Gasteiger partial charge in [-0.15, -0.1) is 0 Å². The zero-order valence-electron chi connectivity index (χ0n) is 34.7. The number of hydrogen-bond acceptors (Lipinski definition) is 12. The normalized spacial score (nSPS) is 21.3. The lowest BCUT2D eigenvalue weighted by molar-refractivity contribution is -0.384. The van der Waals surface area contributed by atoms with Gasteiger partial charge in [-0.25, -0.2) is 18.1 Å². The molecule has 318 valence electrons. The number of carbonyl (C=O) groups excluding carboxylic acids is 1. The number of carbonyl (C=O) groups is 1. The van der Waals surface area contributed by atoms with Crippen LogP contribution in [0.1, 0.15) is 56.8 Å². The minimum Gasteiger partial charge on any atom is -0.455 e. The highest BCUT2D eigenvalue weighted by atomic mass is 32.2. The third-order valence-electron chi connectivity index (χ3n) is 12.1. The summed E-state index contributed by atoms with van der Waals surface area (Å²) >= 11 is 0. The fourth-order valence-corrected chi connectivity index (χ4v) is 9.66. The van der Waals surface area contributed by atoms with E-state index in [0.717, 1.165) is 69.3 Å². The summed E-state index contributed by atoms with van der Waals surface area (Å²) < 4.78 is 41.5. The molecule has 3 N–H and O–H groups in total. The van der Waals surface area contributed by atoms with Crippen molar-refractivity contribution in [2.75, 3.05) is 76.2 Å². The molecule has 0 radical (unpaired) electrons. The maximum Gasteiger partial charge on any atom is 0.293 e. The number of morpholine rings is 1. The number of piperazine rings is 1. The van der Waals surface area contributed by atoms with Crippen molar-refractivity contribution in [2.24, 2.45) is 11.3 Å². The second kappa shape index (κ2) is 17.0. The van der Waals surface area contributed by atoms with E-state index in [1.54, 1.807) is 47.2 Å². The minimum atomic E-state index is -4.56. The topological polar surface area (TPSA) is 175 Å². The fourth-order valence-electron chi connectivity index (χ4n) is 8.67. The van der Waals surface area contributed by atoms with Crippen molar-refractivity contribution in [1.29, 1.82) is 0 Å². The molecule has 8 rings (SSSR count). The van der Waals surface area contributed by atoms with Gasteiger partial charge in [0.15, 0.2) is 0 Å². The van der Waals surface area contributed by atoms with Gasteiger partial charge >= 0.3 is 0 Å². The Bertz CT molecular complexity index is 2450. The van der Waals surface area contributed by atoms with Crippen LogP contribution in [0.4, 0.5) is 17.1 Å². The molecule has 2 unspecified atom stereocenters. The molecule has 1 amide bonds. The monoisotopic (exact) mass is 838 g/mol. The van der Waals surface area contributed by atoms with E-state index in [9.17, 15) is 23.3 Å². The summed E-state index contributed by atoms with van der Waals surface area (Å²) in [6.07, 6.45) is 10.2. The van der Waals surface area contributed by atoms with E-state index in [1.165, 1.54) is 31.2 Å². The number of ether oxygens (including phenoxy) is 2. The molecule has 4 heterocycles. The number of nitrogens with one attached hydrogen (secondary N) is 3. The molecule has 2 fully saturated rings. The molecule has 60 heavy (non-hydrogen) atoms. The number of sulfonamides is 1. The SMILES string of the molecule is CC1C=C(C2=C(CN3CCN(c4ccc(C(=O)NS(=O)(=O)c5ccc(NCC6CN(C)CCO6)c([N+](=O)[O-])c5)c(Oc5cnc6[nH]ccc6c5)c4)CC3)CCC(C)(C)C2)C1. The number of fused-ring (bicyclic) bond motifs is 1. The summed E-state index contributed by atoms with van der Waals surface area (Å²) in [7, 11) is -2.59. The third kappa shape index (κ3) is 9.36. The number of pyridine rings is 1. The molecule has 2 aliphatic carbocycles. The first-order valence-electron chi connectivity index (χ1n) is 20.7. The van der Waals surface area contributed by atoms with Gasteiger partial charge in [-0.05, 0) is 91.6 Å². The van der Waals surface area contributed by atoms with Gasteiger partial charge in [0.1, 0.15) is 22.8 Å². The Hall–Kier alpha value is -5.29. The maximum atomic E-state index is 13.9. The summed E-state index contributed by atoms with van der Waals surface area (Å²) in [6, 6.07) is 12.2. The average Bonchev–Trinajstić information content (AvgIpc) is 3.68. The molecule has 4 aromatic rings. The zero-order chi connectivity index (χ0) is 42.2. The van der Waals surface area contributed by atoms with Crippen molar-refractivity contribution in [3.8, 4) is 11.5 Å². The van der Waals surface area contributed by atoms with Crippen LogP contribution < -0.4 is 19.7 Å². The Kier molecular flexibility index (Phi) is 11.7. The van der Waals surface area contributed by atoms with Gasteiger partial charge in [0, 0.05) is 81.8 Å². The van der Waals surface area contributed by atoms with Crippen LogP contribution >= 0.6 is 0 Å². The number of hydrogen-bond donors (Lipinski definition) is 3. The molecule has 2 saturated heterocycles. The molecule has 16 heteroatoms. The molecule has 2 aromatic heterocycles. The highest BCUT2D eigenvalue weighted by Crippen LogP contribution is 2.46. The predicted molar refractivity (Wildman–Crippen MR) is 231 cm³/mol. The van der Waals surface area contributed by atoms with E-state index in [0.29, 0.717) is 42.4 Å². The molecular formula is C44H54N8O7S. The van der Waals surface area contributed by atoms with Crippen LogP contribution in [-0.2, 0) is 14.8 Å². The Balaban J connectivity index is 0.996. The van der Waals surface area contributed by atoms with Gasteiger partial charge in [0.25, 0.3) is 21.6 Å². The Morgan fingerprint density at radius 2 is 1.90 bits per heavy atom. The van der Waals surface area contributed by atoms with Crippen molar-refractivity contribution < 1.29 is 27.6 Å². The van der Waals surface area contributed by atoms with Crippen molar-refractivity contribution in [2.45, 2.75) is 57.5 Å². The molecular weight excluding hydrogens is 785 g/mol. The summed E-state index contributed by atoms with van der Waals surface area (Å²) in [5.41, 5.74) is 6.19. The number of benzene rings is 2. The molecule has 2 atom stereocenters. The number of aromatic amines is 1. The van der Waals surface area contributed by atoms with Crippen LogP contribution in [0.2, 0.25) is 0 Å². The molecule has 0 saturated carbocycles. The lowest BCUT2D eigenvalue weighted by atomic mass is 9.69. The van der Waals surface area contributed by atoms with E-state index in [4.69, 9.17) is 9.47 Å². The second-order valence-corrected chi connectivity index (χ2v) is 19.1. The molecule has 15 nitrogen and oxygen atoms in total. The zero-order valence-corrected chi connectivity index (χ0v) is 35.5. The summed E-state index contributed by atoms with van der Waals surface area (Å²) in [5.74, 6) is 0.213. The number of aromatic nitrogens is 2. The summed E-state index contributed by atoms with van der Waals surface area (Å²) in [6.45, 7) is 13.6. The number of nitro benzene ring substituents is 1. The van der Waals surface area contributed by atoms with Gasteiger partial charge in [0.2, 0.25) is 0 Å². The first-order valence-corrected chi connectivity index (χ1v) is 22.2. The van der Waals surface area contributed by atoms with Gasteiger partial charge in [-0.2, -0.15) is 0 Å². The second-order valence-electron chi connectivity index (χ2n) is 17.4. The molecule has 2 aliphatic heterocycles. The van der Waals surface area contributed by atoms with Crippen molar-refractivity contribution in [1.82, 2.24) is 24.5 Å². The number of nitrogens with zero attached hydrogens (tertiary/aromatic N) is 5. The predicted octanol–water partition coefficient (Wildman–Crippen LogP) is 6.72. The standard InChI is InChI=1S/C44H54N8O7S/c1-29-19-32(20-29)38-24-44(2,3)11-9-31(38)27-50-13-15-51(16-14-50)33-5-7-37(41(22-33)59-34-21-30-10-12-45-42(30)47-25-34)43(53)48-60(56,57)36-6-8-39(40(23-36)52(54)55)46-26-35-28-49(4)17-18-58-35/h5-8,10,12,19,21-23,25,29,35,46H,9,11,13-18,20,24,26-28H2,1-4H3,(H,45,47)(H,48,53). The number of allylic oxidation sites excluding steroid dienone is 3. The molecule has 0 bridgehead atoms. The lowest BCUT2D eigenvalue weighted by Gasteiger charge is -2.41. The highest BCUT2D eigenvalue weighted by molar-refractivity contribution is 7.90. The van der Waals surface area contributed by atoms with E-state index in [2.05, 4.69) is 61.6 Å². The van der Waals surface area contributed by atoms with Crippen LogP contribution in [-0.4, -0.2) is 111 Å². The van der Waals surface area contributed by atoms with Gasteiger partial charge < -0.3 is 29.6 Å². The number of H-pyrrole nitrogens is 1. The van der Waals surface area contributed by atoms with Gasteiger partial charge in [0.05, 0.1) is 34.3 Å². The number of likely N-dealkylation sites (N-methyl/N-ethyl adjacent to an activating group) is 1. The van der Waals surface area contributed by atoms with Gasteiger partial charge in [-0.3, -0.25) is 19.8 Å². The van der Waals surface area contributed by atoms with Crippen LogP contribution in [0.5, 0.6) is 11.5 Å². The smallest absolute Gasteiger partial charge is 0.293 e. The summed E-state index contributed by atoms with van der Waals surface area (Å²) in [5, 5.41) is 15.9. The molecule has 2 aromatic carbocycles. The minimum absolute atomic E-state index is 0.0281. The van der Waals surface area contributed by atoms with Crippen LogP contribution in [0, 0.1) is 21.4 Å². The van der Waals surface area contributed by atoms with E-state index >= 15 is 0 Å². The Labute approximate surface area is 351 Å². The van der Waals surface area contributed by atoms with Crippen molar-refractivity contribution >= 4 is 44.0 Å². The Morgan fingerprint density at radius 3 is 2.65 bits per heavy atom. The van der Waals surface area contributed by atoms with Crippen LogP contribution in [0.25, 0.3) is 11.0 Å². The van der Waals surface area contributed by atoms with E-state index in [1.807, 2.05) is 13.1 Å². The van der Waals surface area contributed by atoms with E-state index < -0.39 is 31.4 Å². The maximum absolute atomic E-state index is 13.9. The number of anilines is 2. The van der Waals surface area contributed by atoms with Crippen LogP contribution in [0.3, 0.4) is 0 Å². The lowest BCUT2D eigenvalue weighted by Crippen LogP contribution is -2.47. The molecule has 0 spiro atoms. The van der Waals surface area contributed by atoms with Crippen molar-refractivity contribution in [3.05, 3.63) is 99.4 Å². The quantitative estimate of drug-likeness (QED) is 0.0960. The number of rotatable bonds is 13. The van der Waals surface area contributed by atoms with Crippen molar-refractivity contribution in [3.63, 3.8) is 0 Å². The largest absolute Gasteiger partial charge is 0.455 e. The fraction of sp³-hybridized carbons (Fsp3) is 0.455. The summed E-state index contributed by atoms with van der Waals surface area (Å²) in [4.78, 5) is 39.3. The number of nitro groups is 1. The average molecular weight is 839 g/mol. The highest BCUT2D eigenvalue weighted by Gasteiger charge is 2.33. The third-order valence-corrected chi connectivity index (χ3v) is 13.5. The number of amides is 1.